The van der Waals surface area contributed by atoms with Gasteiger partial charge in [-0.05, 0) is 48.5 Å². The number of hydrogen-bond donors (Lipinski definition) is 1. The summed E-state index contributed by atoms with van der Waals surface area (Å²) in [5.74, 6) is -0.952. The highest BCUT2D eigenvalue weighted by Gasteiger charge is 2.37. The fourth-order valence-corrected chi connectivity index (χ4v) is 6.80. The topological polar surface area (TPSA) is 103 Å². The van der Waals surface area contributed by atoms with Crippen molar-refractivity contribution < 1.29 is 36.6 Å². The second-order valence-corrected chi connectivity index (χ2v) is 18.5. The maximum Gasteiger partial charge on any atom is 0.343 e. The quantitative estimate of drug-likeness (QED) is 0.134. The average Bonchev–Trinajstić information content (AvgIpc) is 3.43. The number of halogens is 1. The molecule has 0 amide bonds. The highest BCUT2D eigenvalue weighted by molar-refractivity contribution is 7.93. The molecule has 2 aliphatic rings. The summed E-state index contributed by atoms with van der Waals surface area (Å²) in [6.45, 7) is 9.64. The van der Waals surface area contributed by atoms with Crippen molar-refractivity contribution in [1.29, 1.82) is 0 Å². The maximum atomic E-state index is 14.4. The molecule has 226 valence electrons. The van der Waals surface area contributed by atoms with Crippen LogP contribution in [0.25, 0.3) is 6.08 Å². The van der Waals surface area contributed by atoms with Crippen LogP contribution in [0, 0.1) is 5.82 Å². The lowest BCUT2D eigenvalue weighted by Gasteiger charge is -2.29. The van der Waals surface area contributed by atoms with Gasteiger partial charge in [-0.1, -0.05) is 44.8 Å². The van der Waals surface area contributed by atoms with Crippen molar-refractivity contribution >= 4 is 35.8 Å². The van der Waals surface area contributed by atoms with Crippen molar-refractivity contribution in [3.05, 3.63) is 83.3 Å². The molecule has 42 heavy (non-hydrogen) atoms. The molecular formula is C30H37FN2O7SSi. The van der Waals surface area contributed by atoms with E-state index in [1.54, 1.807) is 18.2 Å². The summed E-state index contributed by atoms with van der Waals surface area (Å²) < 4.78 is 66.5. The number of anilines is 1. The molecule has 0 aromatic heterocycles. The Bertz CT molecular complexity index is 1520. The molecule has 1 N–H and O–H groups in total. The summed E-state index contributed by atoms with van der Waals surface area (Å²) in [6.07, 6.45) is 8.01. The van der Waals surface area contributed by atoms with E-state index in [9.17, 15) is 17.6 Å². The zero-order valence-electron chi connectivity index (χ0n) is 24.5. The SMILES string of the molecule is CCNC/C=C\c1cc(F)ccc1S(=O)(=O)N(COCC[Si](C)(C)C)c1ccc2c(c1C(=O)OC)OC=C1OC=CC12. The molecular weight excluding hydrogens is 579 g/mol. The van der Waals surface area contributed by atoms with Gasteiger partial charge in [-0.15, -0.1) is 0 Å². The maximum absolute atomic E-state index is 14.4. The van der Waals surface area contributed by atoms with Gasteiger partial charge in [0.25, 0.3) is 10.0 Å². The van der Waals surface area contributed by atoms with Gasteiger partial charge >= 0.3 is 5.97 Å². The third-order valence-electron chi connectivity index (χ3n) is 6.79. The van der Waals surface area contributed by atoms with E-state index in [2.05, 4.69) is 25.0 Å². The van der Waals surface area contributed by atoms with Gasteiger partial charge < -0.3 is 24.3 Å². The fraction of sp³-hybridized carbons (Fsp3) is 0.367. The number of benzene rings is 2. The van der Waals surface area contributed by atoms with Crippen LogP contribution in [0.15, 0.2) is 65.7 Å². The Morgan fingerprint density at radius 3 is 2.69 bits per heavy atom. The largest absolute Gasteiger partial charge is 0.465 e. The number of sulfonamides is 1. The first-order chi connectivity index (χ1) is 20.0. The van der Waals surface area contributed by atoms with Crippen LogP contribution in [0.4, 0.5) is 10.1 Å². The Morgan fingerprint density at radius 2 is 1.98 bits per heavy atom. The first kappa shape index (κ1) is 31.5. The van der Waals surface area contributed by atoms with Crippen molar-refractivity contribution in [3.8, 4) is 5.75 Å². The molecule has 0 bridgehead atoms. The molecule has 0 aliphatic carbocycles. The van der Waals surface area contributed by atoms with Gasteiger partial charge in [-0.3, -0.25) is 0 Å². The summed E-state index contributed by atoms with van der Waals surface area (Å²) in [5, 5.41) is 3.12. The van der Waals surface area contributed by atoms with Crippen LogP contribution in [0.1, 0.15) is 34.3 Å². The second-order valence-electron chi connectivity index (χ2n) is 11.0. The van der Waals surface area contributed by atoms with E-state index in [0.717, 1.165) is 29.0 Å². The first-order valence-corrected chi connectivity index (χ1v) is 18.8. The van der Waals surface area contributed by atoms with Gasteiger partial charge in [0.15, 0.2) is 0 Å². The Kier molecular flexibility index (Phi) is 9.92. The minimum absolute atomic E-state index is 0.0141. The fourth-order valence-electron chi connectivity index (χ4n) is 4.52. The van der Waals surface area contributed by atoms with Gasteiger partial charge in [-0.2, -0.15) is 0 Å². The lowest BCUT2D eigenvalue weighted by atomic mass is 9.93. The van der Waals surface area contributed by atoms with E-state index in [1.807, 2.05) is 13.0 Å². The highest BCUT2D eigenvalue weighted by atomic mass is 32.2. The smallest absolute Gasteiger partial charge is 0.343 e. The highest BCUT2D eigenvalue weighted by Crippen LogP contribution is 2.46. The summed E-state index contributed by atoms with van der Waals surface area (Å²) >= 11 is 0. The number of carbonyl (C=O) groups is 1. The molecule has 2 aromatic rings. The van der Waals surface area contributed by atoms with Crippen molar-refractivity contribution in [1.82, 2.24) is 5.32 Å². The summed E-state index contributed by atoms with van der Waals surface area (Å²) in [7, 11) is -4.68. The molecule has 4 rings (SSSR count). The lowest BCUT2D eigenvalue weighted by molar-refractivity contribution is 0.0597. The molecule has 2 heterocycles. The van der Waals surface area contributed by atoms with Gasteiger partial charge in [-0.25, -0.2) is 21.9 Å². The lowest BCUT2D eigenvalue weighted by Crippen LogP contribution is -2.36. The molecule has 0 radical (unpaired) electrons. The first-order valence-electron chi connectivity index (χ1n) is 13.7. The van der Waals surface area contributed by atoms with Crippen LogP contribution >= 0.6 is 0 Å². The monoisotopic (exact) mass is 616 g/mol. The number of hydrogen-bond acceptors (Lipinski definition) is 8. The molecule has 9 nitrogen and oxygen atoms in total. The summed E-state index contributed by atoms with van der Waals surface area (Å²) in [4.78, 5) is 13.1. The van der Waals surface area contributed by atoms with Crippen molar-refractivity contribution in [2.45, 2.75) is 43.4 Å². The summed E-state index contributed by atoms with van der Waals surface area (Å²) in [6, 6.07) is 7.50. The molecule has 2 aromatic carbocycles. The molecule has 1 atom stereocenters. The zero-order valence-corrected chi connectivity index (χ0v) is 26.3. The number of likely N-dealkylation sites (N-methyl/N-ethyl adjacent to an activating group) is 1. The van der Waals surface area contributed by atoms with Gasteiger partial charge in [0.2, 0.25) is 0 Å². The third kappa shape index (κ3) is 6.94. The minimum atomic E-state index is -4.40. The van der Waals surface area contributed by atoms with Crippen LogP contribution < -0.4 is 14.4 Å². The second kappa shape index (κ2) is 13.2. The number of rotatable bonds is 13. The number of nitrogens with one attached hydrogen (secondary N) is 1. The number of fused-ring (bicyclic) bond motifs is 3. The number of methoxy groups -OCH3 is 1. The Morgan fingerprint density at radius 1 is 1.19 bits per heavy atom. The van der Waals surface area contributed by atoms with E-state index in [-0.39, 0.29) is 40.1 Å². The number of nitrogens with zero attached hydrogens (tertiary/aromatic N) is 1. The molecule has 2 aliphatic heterocycles. The molecule has 1 unspecified atom stereocenters. The van der Waals surface area contributed by atoms with E-state index in [1.165, 1.54) is 31.8 Å². The number of ether oxygens (including phenoxy) is 4. The third-order valence-corrected chi connectivity index (χ3v) is 10.3. The predicted octanol–water partition coefficient (Wildman–Crippen LogP) is 5.60. The molecule has 0 fully saturated rings. The van der Waals surface area contributed by atoms with Gasteiger partial charge in [0.05, 0.1) is 29.9 Å². The number of carbonyl (C=O) groups excluding carboxylic acids is 1. The number of esters is 1. The Labute approximate surface area is 247 Å². The van der Waals surface area contributed by atoms with E-state index < -0.39 is 29.9 Å². The summed E-state index contributed by atoms with van der Waals surface area (Å²) in [5.41, 5.74) is 0.723. The predicted molar refractivity (Wildman–Crippen MR) is 162 cm³/mol. The van der Waals surface area contributed by atoms with Gasteiger partial charge in [0, 0.05) is 26.8 Å². The van der Waals surface area contributed by atoms with Crippen molar-refractivity contribution in [2.24, 2.45) is 0 Å². The standard InChI is InChI=1S/C30H37FN2O7SSi/c1-6-32-14-7-8-21-18-22(31)9-12-27(21)41(35,36)33(20-38-16-17-42(3,4)5)25-11-10-24-23-13-15-39-26(23)19-40-29(24)28(25)30(34)37-2/h7-13,15,18-19,23,32H,6,14,16-17,20H2,1-5H3/b8-7-. The Hall–Kier alpha value is -3.45. The van der Waals surface area contributed by atoms with E-state index in [0.29, 0.717) is 24.5 Å². The van der Waals surface area contributed by atoms with E-state index in [4.69, 9.17) is 18.9 Å². The average molecular weight is 617 g/mol. The van der Waals surface area contributed by atoms with Crippen LogP contribution in [-0.4, -0.2) is 56.0 Å². The van der Waals surface area contributed by atoms with E-state index >= 15 is 0 Å². The van der Waals surface area contributed by atoms with Crippen LogP contribution in [0.5, 0.6) is 5.75 Å². The molecule has 0 saturated carbocycles. The van der Waals surface area contributed by atoms with Crippen LogP contribution in [-0.2, 0) is 24.2 Å². The normalized spacial score (nSPS) is 16.0. The zero-order chi connectivity index (χ0) is 30.5. The molecule has 0 saturated heterocycles. The van der Waals surface area contributed by atoms with Crippen molar-refractivity contribution in [2.75, 3.05) is 37.8 Å². The number of allylic oxidation sites excluding steroid dienone is 1. The van der Waals surface area contributed by atoms with Crippen molar-refractivity contribution in [3.63, 3.8) is 0 Å². The molecule has 0 spiro atoms. The van der Waals surface area contributed by atoms with Crippen LogP contribution in [0.2, 0.25) is 25.7 Å². The van der Waals surface area contributed by atoms with Crippen LogP contribution in [0.3, 0.4) is 0 Å². The van der Waals surface area contributed by atoms with Gasteiger partial charge in [0.1, 0.15) is 35.9 Å². The minimum Gasteiger partial charge on any atom is -0.465 e. The molecule has 12 heteroatoms. The Balaban J connectivity index is 1.85.